The fourth-order valence-corrected chi connectivity index (χ4v) is 2.36. The van der Waals surface area contributed by atoms with E-state index in [4.69, 9.17) is 16.9 Å². The van der Waals surface area contributed by atoms with E-state index in [0.717, 1.165) is 4.47 Å². The Morgan fingerprint density at radius 1 is 1.30 bits per heavy atom. The van der Waals surface area contributed by atoms with Crippen molar-refractivity contribution in [3.8, 4) is 6.07 Å². The first-order valence-corrected chi connectivity index (χ1v) is 7.12. The maximum atomic E-state index is 12.2. The molecule has 0 aromatic heterocycles. The summed E-state index contributed by atoms with van der Waals surface area (Å²) >= 11 is 13.5. The molecule has 3 nitrogen and oxygen atoms in total. The lowest BCUT2D eigenvalue weighted by molar-refractivity contribution is 0.102. The molecule has 0 saturated carbocycles. The minimum atomic E-state index is -0.388. The molecule has 2 aromatic rings. The fourth-order valence-electron chi connectivity index (χ4n) is 1.59. The topological polar surface area (TPSA) is 52.9 Å². The second kappa shape index (κ2) is 6.31. The molecule has 1 N–H and O–H groups in total. The number of carbonyl (C=O) groups is 1. The van der Waals surface area contributed by atoms with Gasteiger partial charge in [0, 0.05) is 9.37 Å². The zero-order chi connectivity index (χ0) is 14.7. The highest BCUT2D eigenvalue weighted by molar-refractivity contribution is 9.10. The Morgan fingerprint density at radius 2 is 2.05 bits per heavy atom. The molecule has 0 unspecified atom stereocenters. The van der Waals surface area contributed by atoms with Crippen LogP contribution >= 0.6 is 40.2 Å². The molecule has 1 amide bonds. The Balaban J connectivity index is 2.35. The van der Waals surface area contributed by atoms with E-state index in [1.54, 1.807) is 36.4 Å². The van der Waals surface area contributed by atoms with Crippen molar-refractivity contribution < 1.29 is 4.79 Å². The van der Waals surface area contributed by atoms with Crippen LogP contribution in [0.5, 0.6) is 0 Å². The first-order valence-electron chi connectivity index (χ1n) is 5.51. The molecule has 100 valence electrons. The second-order valence-electron chi connectivity index (χ2n) is 3.92. The second-order valence-corrected chi connectivity index (χ2v) is 5.76. The standard InChI is InChI=1S/C14H8BrClN2OS/c15-9-2-1-8(7-17)13(5-9)18-14(19)11-6-10(20)3-4-12(11)16/h1-6,20H,(H,18,19). The van der Waals surface area contributed by atoms with Gasteiger partial charge in [0.05, 0.1) is 21.8 Å². The number of hydrogen-bond donors (Lipinski definition) is 2. The predicted octanol–water partition coefficient (Wildman–Crippen LogP) is 4.52. The molecule has 0 bridgehead atoms. The molecule has 0 heterocycles. The number of benzene rings is 2. The summed E-state index contributed by atoms with van der Waals surface area (Å²) in [5.74, 6) is -0.388. The van der Waals surface area contributed by atoms with Gasteiger partial charge in [-0.1, -0.05) is 27.5 Å². The van der Waals surface area contributed by atoms with Gasteiger partial charge in [-0.25, -0.2) is 0 Å². The average molecular weight is 368 g/mol. The molecule has 2 rings (SSSR count). The van der Waals surface area contributed by atoms with Gasteiger partial charge in [-0.05, 0) is 36.4 Å². The summed E-state index contributed by atoms with van der Waals surface area (Å²) in [7, 11) is 0. The molecule has 20 heavy (non-hydrogen) atoms. The highest BCUT2D eigenvalue weighted by Gasteiger charge is 2.13. The molecule has 0 radical (unpaired) electrons. The quantitative estimate of drug-likeness (QED) is 0.767. The van der Waals surface area contributed by atoms with E-state index in [-0.39, 0.29) is 5.91 Å². The van der Waals surface area contributed by atoms with Gasteiger partial charge >= 0.3 is 0 Å². The zero-order valence-electron chi connectivity index (χ0n) is 10.0. The Bertz CT molecular complexity index is 728. The van der Waals surface area contributed by atoms with Gasteiger partial charge in [0.1, 0.15) is 6.07 Å². The SMILES string of the molecule is N#Cc1ccc(Br)cc1NC(=O)c1cc(S)ccc1Cl. The number of amides is 1. The molecule has 0 spiro atoms. The number of carbonyl (C=O) groups excluding carboxylic acids is 1. The minimum absolute atomic E-state index is 0.308. The Labute approximate surface area is 135 Å². The van der Waals surface area contributed by atoms with E-state index in [2.05, 4.69) is 33.9 Å². The summed E-state index contributed by atoms with van der Waals surface area (Å²) in [6, 6.07) is 11.9. The van der Waals surface area contributed by atoms with E-state index in [0.29, 0.717) is 26.7 Å². The monoisotopic (exact) mass is 366 g/mol. The van der Waals surface area contributed by atoms with Crippen molar-refractivity contribution in [1.82, 2.24) is 0 Å². The number of anilines is 1. The summed E-state index contributed by atoms with van der Waals surface area (Å²) in [5.41, 5.74) is 1.11. The third-order valence-electron chi connectivity index (χ3n) is 2.54. The van der Waals surface area contributed by atoms with Crippen LogP contribution < -0.4 is 5.32 Å². The molecule has 0 aliphatic carbocycles. The van der Waals surface area contributed by atoms with E-state index >= 15 is 0 Å². The van der Waals surface area contributed by atoms with Crippen LogP contribution in [0.2, 0.25) is 5.02 Å². The van der Waals surface area contributed by atoms with Crippen molar-refractivity contribution >= 4 is 51.8 Å². The molecular formula is C14H8BrClN2OS. The first kappa shape index (κ1) is 14.9. The number of halogens is 2. The summed E-state index contributed by atoms with van der Waals surface area (Å²) in [6.07, 6.45) is 0. The van der Waals surface area contributed by atoms with Crippen molar-refractivity contribution in [3.05, 3.63) is 57.0 Å². The van der Waals surface area contributed by atoms with Crippen molar-refractivity contribution in [2.75, 3.05) is 5.32 Å². The highest BCUT2D eigenvalue weighted by atomic mass is 79.9. The maximum Gasteiger partial charge on any atom is 0.257 e. The predicted molar refractivity (Wildman–Crippen MR) is 85.5 cm³/mol. The first-order chi connectivity index (χ1) is 9.51. The molecule has 0 saturated heterocycles. The van der Waals surface area contributed by atoms with Crippen LogP contribution in [0, 0.1) is 11.3 Å². The van der Waals surface area contributed by atoms with Gasteiger partial charge in [0.15, 0.2) is 0 Å². The third kappa shape index (κ3) is 3.34. The summed E-state index contributed by atoms with van der Waals surface area (Å²) < 4.78 is 0.765. The smallest absolute Gasteiger partial charge is 0.257 e. The molecule has 0 aliphatic heterocycles. The Morgan fingerprint density at radius 3 is 2.75 bits per heavy atom. The van der Waals surface area contributed by atoms with Gasteiger partial charge < -0.3 is 5.32 Å². The maximum absolute atomic E-state index is 12.2. The van der Waals surface area contributed by atoms with Crippen molar-refractivity contribution in [3.63, 3.8) is 0 Å². The number of nitrogens with one attached hydrogen (secondary N) is 1. The van der Waals surface area contributed by atoms with Crippen LogP contribution in [0.1, 0.15) is 15.9 Å². The molecule has 0 aliphatic rings. The largest absolute Gasteiger partial charge is 0.321 e. The normalized spacial score (nSPS) is 9.90. The molecular weight excluding hydrogens is 360 g/mol. The van der Waals surface area contributed by atoms with Crippen LogP contribution in [-0.2, 0) is 0 Å². The van der Waals surface area contributed by atoms with Crippen LogP contribution in [0.3, 0.4) is 0 Å². The Kier molecular flexibility index (Phi) is 4.71. The molecule has 2 aromatic carbocycles. The van der Waals surface area contributed by atoms with Crippen LogP contribution in [0.4, 0.5) is 5.69 Å². The van der Waals surface area contributed by atoms with Crippen molar-refractivity contribution in [1.29, 1.82) is 5.26 Å². The van der Waals surface area contributed by atoms with E-state index < -0.39 is 0 Å². The summed E-state index contributed by atoms with van der Waals surface area (Å²) in [5, 5.41) is 12.0. The van der Waals surface area contributed by atoms with Gasteiger partial charge in [0.2, 0.25) is 0 Å². The van der Waals surface area contributed by atoms with Gasteiger partial charge in [-0.15, -0.1) is 12.6 Å². The van der Waals surface area contributed by atoms with Gasteiger partial charge in [-0.3, -0.25) is 4.79 Å². The molecule has 6 heteroatoms. The van der Waals surface area contributed by atoms with Crippen molar-refractivity contribution in [2.24, 2.45) is 0 Å². The number of rotatable bonds is 2. The lowest BCUT2D eigenvalue weighted by Gasteiger charge is -2.09. The van der Waals surface area contributed by atoms with Crippen LogP contribution in [-0.4, -0.2) is 5.91 Å². The Hall–Kier alpha value is -1.48. The molecule has 0 atom stereocenters. The minimum Gasteiger partial charge on any atom is -0.321 e. The van der Waals surface area contributed by atoms with E-state index in [1.165, 1.54) is 0 Å². The van der Waals surface area contributed by atoms with Gasteiger partial charge in [0.25, 0.3) is 5.91 Å². The zero-order valence-corrected chi connectivity index (χ0v) is 13.3. The summed E-state index contributed by atoms with van der Waals surface area (Å²) in [4.78, 5) is 12.8. The third-order valence-corrected chi connectivity index (χ3v) is 3.65. The van der Waals surface area contributed by atoms with Crippen molar-refractivity contribution in [2.45, 2.75) is 4.90 Å². The van der Waals surface area contributed by atoms with Crippen LogP contribution in [0.15, 0.2) is 45.8 Å². The van der Waals surface area contributed by atoms with E-state index in [1.807, 2.05) is 6.07 Å². The lowest BCUT2D eigenvalue weighted by Crippen LogP contribution is -2.13. The number of nitrogens with zero attached hydrogens (tertiary/aromatic N) is 1. The number of nitriles is 1. The lowest BCUT2D eigenvalue weighted by atomic mass is 10.1. The molecule has 0 fully saturated rings. The summed E-state index contributed by atoms with van der Waals surface area (Å²) in [6.45, 7) is 0. The van der Waals surface area contributed by atoms with E-state index in [9.17, 15) is 4.79 Å². The number of thiol groups is 1. The van der Waals surface area contributed by atoms with Gasteiger partial charge in [-0.2, -0.15) is 5.26 Å². The number of hydrogen-bond acceptors (Lipinski definition) is 3. The fraction of sp³-hybridized carbons (Fsp3) is 0. The average Bonchev–Trinajstić information content (AvgIpc) is 2.41. The van der Waals surface area contributed by atoms with Crippen LogP contribution in [0.25, 0.3) is 0 Å². The highest BCUT2D eigenvalue weighted by Crippen LogP contribution is 2.24.